The lowest BCUT2D eigenvalue weighted by molar-refractivity contribution is 0.343. The molecule has 3 nitrogen and oxygen atoms in total. The van der Waals surface area contributed by atoms with Gasteiger partial charge in [0.1, 0.15) is 0 Å². The van der Waals surface area contributed by atoms with E-state index in [0.717, 1.165) is 36.8 Å². The van der Waals surface area contributed by atoms with E-state index in [9.17, 15) is 8.42 Å². The molecule has 0 aliphatic carbocycles. The fourth-order valence-electron chi connectivity index (χ4n) is 3.44. The molecule has 3 rings (SSSR count). The van der Waals surface area contributed by atoms with Crippen molar-refractivity contribution in [3.8, 4) is 0 Å². The number of benzene rings is 1. The zero-order chi connectivity index (χ0) is 15.0. The lowest BCUT2D eigenvalue weighted by atomic mass is 10.0. The molecule has 0 amide bonds. The van der Waals surface area contributed by atoms with Crippen LogP contribution in [0.4, 0.5) is 0 Å². The molecule has 2 bridgehead atoms. The van der Waals surface area contributed by atoms with E-state index in [-0.39, 0.29) is 12.1 Å². The molecule has 2 atom stereocenters. The largest absolute Gasteiger partial charge is 0.243 e. The lowest BCUT2D eigenvalue weighted by Gasteiger charge is -2.28. The molecule has 2 aliphatic heterocycles. The van der Waals surface area contributed by atoms with Gasteiger partial charge in [-0.15, -0.1) is 0 Å². The Morgan fingerprint density at radius 1 is 1.19 bits per heavy atom. The van der Waals surface area contributed by atoms with Crippen LogP contribution in [0, 0.1) is 6.92 Å². The third kappa shape index (κ3) is 2.47. The van der Waals surface area contributed by atoms with E-state index in [2.05, 4.69) is 12.7 Å². The van der Waals surface area contributed by atoms with Gasteiger partial charge in [0.2, 0.25) is 10.0 Å². The van der Waals surface area contributed by atoms with Crippen molar-refractivity contribution in [3.05, 3.63) is 54.1 Å². The van der Waals surface area contributed by atoms with E-state index in [4.69, 9.17) is 0 Å². The van der Waals surface area contributed by atoms with Crippen LogP contribution in [0.3, 0.4) is 0 Å². The van der Waals surface area contributed by atoms with Crippen molar-refractivity contribution >= 4 is 10.0 Å². The molecule has 0 spiro atoms. The smallest absolute Gasteiger partial charge is 0.207 e. The molecule has 0 N–H and O–H groups in total. The van der Waals surface area contributed by atoms with Crippen LogP contribution in [0.25, 0.3) is 0 Å². The molecule has 1 aromatic carbocycles. The highest BCUT2D eigenvalue weighted by Crippen LogP contribution is 2.39. The normalized spacial score (nSPS) is 26.2. The molecule has 112 valence electrons. The lowest BCUT2D eigenvalue weighted by Crippen LogP contribution is -2.40. The van der Waals surface area contributed by atoms with E-state index in [1.54, 1.807) is 16.4 Å². The first-order valence-corrected chi connectivity index (χ1v) is 8.91. The maximum atomic E-state index is 13.0. The third-order valence-electron chi connectivity index (χ3n) is 4.54. The number of hydrogen-bond donors (Lipinski definition) is 0. The molecular formula is C17H21NO2S. The van der Waals surface area contributed by atoms with Crippen LogP contribution in [0.1, 0.15) is 31.2 Å². The summed E-state index contributed by atoms with van der Waals surface area (Å²) in [5, 5.41) is 0. The molecule has 1 saturated heterocycles. The Kier molecular flexibility index (Phi) is 3.76. The van der Waals surface area contributed by atoms with Gasteiger partial charge in [-0.25, -0.2) is 8.42 Å². The predicted octanol–water partition coefficient (Wildman–Crippen LogP) is 3.42. The van der Waals surface area contributed by atoms with E-state index in [1.807, 2.05) is 25.1 Å². The second kappa shape index (κ2) is 5.43. The summed E-state index contributed by atoms with van der Waals surface area (Å²) in [5.41, 5.74) is 2.13. The zero-order valence-corrected chi connectivity index (χ0v) is 13.1. The molecule has 4 heteroatoms. The van der Waals surface area contributed by atoms with Crippen LogP contribution in [0.2, 0.25) is 0 Å². The number of allylic oxidation sites excluding steroid dienone is 1. The monoisotopic (exact) mass is 303 g/mol. The summed E-state index contributed by atoms with van der Waals surface area (Å²) < 4.78 is 27.8. The number of sulfonamides is 1. The van der Waals surface area contributed by atoms with Crippen LogP contribution < -0.4 is 0 Å². The minimum atomic E-state index is -3.44. The highest BCUT2D eigenvalue weighted by atomic mass is 32.2. The van der Waals surface area contributed by atoms with Gasteiger partial charge in [-0.1, -0.05) is 36.4 Å². The second-order valence-electron chi connectivity index (χ2n) is 5.88. The summed E-state index contributed by atoms with van der Waals surface area (Å²) in [6, 6.07) is 7.23. The standard InChI is InChI=1S/C17H21NO2S/c1-3-14-5-4-6-15-9-12-17(14)18(15)21(19,20)16-10-7-13(2)8-11-16/h3,5,7-8,10-11,15,17H,1,4,6,9,12H2,2H3/t15-,17-/m0/s1. The van der Waals surface area contributed by atoms with Gasteiger partial charge in [0.05, 0.1) is 10.9 Å². The van der Waals surface area contributed by atoms with E-state index in [1.165, 1.54) is 0 Å². The zero-order valence-electron chi connectivity index (χ0n) is 12.3. The van der Waals surface area contributed by atoms with Gasteiger partial charge >= 0.3 is 0 Å². The summed E-state index contributed by atoms with van der Waals surface area (Å²) in [7, 11) is -3.44. The van der Waals surface area contributed by atoms with Gasteiger partial charge in [0.25, 0.3) is 0 Å². The average Bonchev–Trinajstić information content (AvgIpc) is 2.77. The SMILES string of the molecule is C=CC1=CCC[C@H]2CC[C@@H]1N2S(=O)(=O)c1ccc(C)cc1. The molecule has 2 heterocycles. The minimum absolute atomic E-state index is 0.0405. The molecule has 0 aromatic heterocycles. The van der Waals surface area contributed by atoms with E-state index >= 15 is 0 Å². The van der Waals surface area contributed by atoms with Crippen LogP contribution in [-0.2, 0) is 10.0 Å². The Hall–Kier alpha value is -1.39. The van der Waals surface area contributed by atoms with Crippen LogP contribution >= 0.6 is 0 Å². The summed E-state index contributed by atoms with van der Waals surface area (Å²) in [6.45, 7) is 5.82. The fraction of sp³-hybridized carbons (Fsp3) is 0.412. The van der Waals surface area contributed by atoms with Crippen LogP contribution in [0.15, 0.2) is 53.5 Å². The van der Waals surface area contributed by atoms with E-state index < -0.39 is 10.0 Å². The quantitative estimate of drug-likeness (QED) is 0.858. The minimum Gasteiger partial charge on any atom is -0.207 e. The number of hydrogen-bond acceptors (Lipinski definition) is 2. The first kappa shape index (κ1) is 14.5. The number of nitrogens with zero attached hydrogens (tertiary/aromatic N) is 1. The summed E-state index contributed by atoms with van der Waals surface area (Å²) in [5.74, 6) is 0. The maximum absolute atomic E-state index is 13.0. The Morgan fingerprint density at radius 2 is 1.90 bits per heavy atom. The average molecular weight is 303 g/mol. The number of rotatable bonds is 3. The highest BCUT2D eigenvalue weighted by molar-refractivity contribution is 7.89. The Bertz CT molecular complexity index is 673. The summed E-state index contributed by atoms with van der Waals surface area (Å²) >= 11 is 0. The van der Waals surface area contributed by atoms with Crippen molar-refractivity contribution in [2.75, 3.05) is 0 Å². The van der Waals surface area contributed by atoms with Gasteiger partial charge in [0, 0.05) is 6.04 Å². The fourth-order valence-corrected chi connectivity index (χ4v) is 5.33. The van der Waals surface area contributed by atoms with Gasteiger partial charge < -0.3 is 0 Å². The molecular weight excluding hydrogens is 282 g/mol. The highest BCUT2D eigenvalue weighted by Gasteiger charge is 2.43. The number of aryl methyl sites for hydroxylation is 1. The van der Waals surface area contributed by atoms with Crippen molar-refractivity contribution in [2.24, 2.45) is 0 Å². The molecule has 0 unspecified atom stereocenters. The molecule has 0 radical (unpaired) electrons. The van der Waals surface area contributed by atoms with Gasteiger partial charge in [-0.05, 0) is 50.3 Å². The van der Waals surface area contributed by atoms with Gasteiger partial charge in [-0.3, -0.25) is 0 Å². The molecule has 1 fully saturated rings. The molecule has 2 aliphatic rings. The summed E-state index contributed by atoms with van der Waals surface area (Å²) in [4.78, 5) is 0.398. The Morgan fingerprint density at radius 3 is 2.57 bits per heavy atom. The Balaban J connectivity index is 2.04. The predicted molar refractivity (Wildman–Crippen MR) is 84.5 cm³/mol. The first-order valence-electron chi connectivity index (χ1n) is 7.47. The maximum Gasteiger partial charge on any atom is 0.243 e. The number of fused-ring (bicyclic) bond motifs is 2. The van der Waals surface area contributed by atoms with Crippen molar-refractivity contribution < 1.29 is 8.42 Å². The topological polar surface area (TPSA) is 37.4 Å². The third-order valence-corrected chi connectivity index (χ3v) is 6.51. The van der Waals surface area contributed by atoms with Crippen LogP contribution in [-0.4, -0.2) is 24.8 Å². The molecule has 0 saturated carbocycles. The van der Waals surface area contributed by atoms with Gasteiger partial charge in [-0.2, -0.15) is 4.31 Å². The first-order chi connectivity index (χ1) is 10.0. The van der Waals surface area contributed by atoms with Crippen molar-refractivity contribution in [2.45, 2.75) is 49.6 Å². The van der Waals surface area contributed by atoms with Crippen molar-refractivity contribution in [3.63, 3.8) is 0 Å². The van der Waals surface area contributed by atoms with Crippen molar-refractivity contribution in [1.82, 2.24) is 4.31 Å². The van der Waals surface area contributed by atoms with Crippen molar-refractivity contribution in [1.29, 1.82) is 0 Å². The van der Waals surface area contributed by atoms with E-state index in [0.29, 0.717) is 4.90 Å². The van der Waals surface area contributed by atoms with Crippen LogP contribution in [0.5, 0.6) is 0 Å². The Labute approximate surface area is 127 Å². The molecule has 1 aromatic rings. The second-order valence-corrected chi connectivity index (χ2v) is 7.72. The molecule has 21 heavy (non-hydrogen) atoms. The van der Waals surface area contributed by atoms with Gasteiger partial charge in [0.15, 0.2) is 0 Å². The summed E-state index contributed by atoms with van der Waals surface area (Å²) in [6.07, 6.45) is 7.64.